The average molecular weight is 440 g/mol. The largest absolute Gasteiger partial charge is 0.342 e. The fourth-order valence-electron chi connectivity index (χ4n) is 7.03. The molecule has 6 rings (SSSR count). The first-order chi connectivity index (χ1) is 16.2. The second kappa shape index (κ2) is 8.61. The normalized spacial score (nSPS) is 33.5. The van der Waals surface area contributed by atoms with Crippen LogP contribution in [0.4, 0.5) is 0 Å². The Hall–Kier alpha value is -2.64. The number of hydrogen-bond donors (Lipinski definition) is 0. The number of hydrogen-bond acceptors (Lipinski definition) is 3. The number of benzene rings is 2. The van der Waals surface area contributed by atoms with Gasteiger partial charge in [0.2, 0.25) is 5.91 Å². The van der Waals surface area contributed by atoms with Crippen LogP contribution < -0.4 is 0 Å². The molecule has 2 saturated carbocycles. The molecule has 4 nitrogen and oxygen atoms in total. The van der Waals surface area contributed by atoms with Crippen LogP contribution in [0.5, 0.6) is 0 Å². The molecule has 170 valence electrons. The van der Waals surface area contributed by atoms with Crippen LogP contribution in [0.1, 0.15) is 60.6 Å². The lowest BCUT2D eigenvalue weighted by Gasteiger charge is -2.36. The van der Waals surface area contributed by atoms with E-state index in [4.69, 9.17) is 0 Å². The highest BCUT2D eigenvalue weighted by atomic mass is 16.2. The average Bonchev–Trinajstić information content (AvgIpc) is 3.22. The van der Waals surface area contributed by atoms with Crippen molar-refractivity contribution in [3.05, 3.63) is 71.3 Å². The molecule has 2 aliphatic carbocycles. The van der Waals surface area contributed by atoms with E-state index in [0.29, 0.717) is 29.2 Å². The lowest BCUT2D eigenvalue weighted by molar-refractivity contribution is -0.132. The summed E-state index contributed by atoms with van der Waals surface area (Å²) in [5, 5.41) is 9.18. The third kappa shape index (κ3) is 3.97. The van der Waals surface area contributed by atoms with Crippen molar-refractivity contribution < 1.29 is 4.79 Å². The van der Waals surface area contributed by atoms with Gasteiger partial charge in [-0.15, -0.1) is 0 Å². The quantitative estimate of drug-likeness (QED) is 0.689. The number of amides is 1. The molecular formula is C29H33N3O. The zero-order valence-corrected chi connectivity index (χ0v) is 19.3. The number of carbonyl (C=O) groups excluding carboxylic acids is 1. The molecule has 0 spiro atoms. The van der Waals surface area contributed by atoms with Gasteiger partial charge in [-0.1, -0.05) is 42.5 Å². The molecule has 2 saturated heterocycles. The molecule has 33 heavy (non-hydrogen) atoms. The molecule has 2 aromatic carbocycles. The first kappa shape index (κ1) is 20.9. The highest BCUT2D eigenvalue weighted by Crippen LogP contribution is 2.54. The van der Waals surface area contributed by atoms with Gasteiger partial charge >= 0.3 is 0 Å². The van der Waals surface area contributed by atoms with Crippen molar-refractivity contribution >= 4 is 5.91 Å². The predicted octanol–water partition coefficient (Wildman–Crippen LogP) is 4.78. The van der Waals surface area contributed by atoms with Crippen LogP contribution in [0.15, 0.2) is 54.6 Å². The van der Waals surface area contributed by atoms with E-state index >= 15 is 0 Å². The number of fused-ring (bicyclic) bond motifs is 1. The standard InChI is InChI=1S/C29H33N3O/c30-16-20-5-4-8-23(15-20)24-13-14-31(17-24)29(33)28-26-18-32(19-27(26)28)25-11-9-22(10-12-25)21-6-2-1-3-7-21/h1-8,15,22,24-28H,9-14,17-19H2/t22?,24?,25?,26-,27+,28?. The first-order valence-electron chi connectivity index (χ1n) is 12.8. The molecule has 0 radical (unpaired) electrons. The number of piperidine rings is 1. The summed E-state index contributed by atoms with van der Waals surface area (Å²) in [7, 11) is 0. The van der Waals surface area contributed by atoms with Gasteiger partial charge in [0.25, 0.3) is 0 Å². The van der Waals surface area contributed by atoms with Crippen molar-refractivity contribution in [2.75, 3.05) is 26.2 Å². The van der Waals surface area contributed by atoms with Crippen LogP contribution >= 0.6 is 0 Å². The van der Waals surface area contributed by atoms with Gasteiger partial charge < -0.3 is 4.90 Å². The summed E-state index contributed by atoms with van der Waals surface area (Å²) in [6.07, 6.45) is 6.20. The molecule has 2 aliphatic heterocycles. The van der Waals surface area contributed by atoms with E-state index in [2.05, 4.69) is 52.3 Å². The van der Waals surface area contributed by atoms with E-state index in [1.165, 1.54) is 36.8 Å². The zero-order valence-electron chi connectivity index (χ0n) is 19.3. The van der Waals surface area contributed by atoms with E-state index < -0.39 is 0 Å². The van der Waals surface area contributed by atoms with Crippen LogP contribution in [-0.2, 0) is 4.79 Å². The topological polar surface area (TPSA) is 47.3 Å². The molecule has 2 unspecified atom stereocenters. The van der Waals surface area contributed by atoms with Crippen molar-refractivity contribution in [3.63, 3.8) is 0 Å². The van der Waals surface area contributed by atoms with Crippen LogP contribution in [-0.4, -0.2) is 47.9 Å². The van der Waals surface area contributed by atoms with E-state index in [1.807, 2.05) is 18.2 Å². The van der Waals surface area contributed by atoms with Crippen molar-refractivity contribution in [2.24, 2.45) is 17.8 Å². The lowest BCUT2D eigenvalue weighted by atomic mass is 9.81. The molecule has 2 aromatic rings. The van der Waals surface area contributed by atoms with Crippen molar-refractivity contribution in [1.29, 1.82) is 5.26 Å². The number of carbonyl (C=O) groups is 1. The maximum Gasteiger partial charge on any atom is 0.226 e. The second-order valence-corrected chi connectivity index (χ2v) is 10.7. The van der Waals surface area contributed by atoms with Crippen molar-refractivity contribution in [3.8, 4) is 6.07 Å². The molecule has 0 N–H and O–H groups in total. The number of nitriles is 1. The Bertz CT molecular complexity index is 1040. The third-order valence-corrected chi connectivity index (χ3v) is 8.98. The molecule has 0 bridgehead atoms. The molecule has 0 aromatic heterocycles. The third-order valence-electron chi connectivity index (χ3n) is 8.98. The Morgan fingerprint density at radius 3 is 2.27 bits per heavy atom. The van der Waals surface area contributed by atoms with Gasteiger partial charge in [-0.05, 0) is 73.1 Å². The smallest absolute Gasteiger partial charge is 0.226 e. The zero-order chi connectivity index (χ0) is 22.4. The van der Waals surface area contributed by atoms with Crippen LogP contribution in [0.3, 0.4) is 0 Å². The van der Waals surface area contributed by atoms with Gasteiger partial charge in [-0.3, -0.25) is 9.69 Å². The Balaban J connectivity index is 0.993. The van der Waals surface area contributed by atoms with Gasteiger partial charge in [-0.25, -0.2) is 0 Å². The summed E-state index contributed by atoms with van der Waals surface area (Å²) in [5.74, 6) is 2.95. The SMILES string of the molecule is N#Cc1cccc(C2CCN(C(=O)C3[C@H]4CN(C5CCC(c6ccccc6)CC5)C[C@@H]34)C2)c1. The second-order valence-electron chi connectivity index (χ2n) is 10.7. The molecule has 4 heteroatoms. The maximum atomic E-state index is 13.3. The molecular weight excluding hydrogens is 406 g/mol. The Labute approximate surface area is 197 Å². The summed E-state index contributed by atoms with van der Waals surface area (Å²) in [4.78, 5) is 18.1. The first-order valence-corrected chi connectivity index (χ1v) is 12.8. The van der Waals surface area contributed by atoms with Gasteiger partial charge in [0.05, 0.1) is 11.6 Å². The van der Waals surface area contributed by atoms with Crippen LogP contribution in [0, 0.1) is 29.1 Å². The van der Waals surface area contributed by atoms with Gasteiger partial charge in [0, 0.05) is 44.1 Å². The van der Waals surface area contributed by atoms with Gasteiger partial charge in [0.1, 0.15) is 0 Å². The molecule has 1 amide bonds. The molecule has 4 aliphatic rings. The summed E-state index contributed by atoms with van der Waals surface area (Å²) >= 11 is 0. The summed E-state index contributed by atoms with van der Waals surface area (Å²) < 4.78 is 0. The molecule has 2 heterocycles. The minimum Gasteiger partial charge on any atom is -0.342 e. The Kier molecular flexibility index (Phi) is 5.46. The number of nitrogens with zero attached hydrogens (tertiary/aromatic N) is 3. The monoisotopic (exact) mass is 439 g/mol. The Morgan fingerprint density at radius 1 is 0.818 bits per heavy atom. The van der Waals surface area contributed by atoms with E-state index in [9.17, 15) is 10.1 Å². The fourth-order valence-corrected chi connectivity index (χ4v) is 7.03. The predicted molar refractivity (Wildman–Crippen MR) is 129 cm³/mol. The number of likely N-dealkylation sites (tertiary alicyclic amines) is 2. The van der Waals surface area contributed by atoms with E-state index in [1.54, 1.807) is 0 Å². The Morgan fingerprint density at radius 2 is 1.55 bits per heavy atom. The highest BCUT2D eigenvalue weighted by molar-refractivity contribution is 5.83. The lowest BCUT2D eigenvalue weighted by Crippen LogP contribution is -2.40. The van der Waals surface area contributed by atoms with Crippen LogP contribution in [0.2, 0.25) is 0 Å². The minimum atomic E-state index is 0.270. The van der Waals surface area contributed by atoms with Gasteiger partial charge in [-0.2, -0.15) is 5.26 Å². The maximum absolute atomic E-state index is 13.3. The highest BCUT2D eigenvalue weighted by Gasteiger charge is 2.61. The van der Waals surface area contributed by atoms with Crippen molar-refractivity contribution in [2.45, 2.75) is 50.0 Å². The van der Waals surface area contributed by atoms with Gasteiger partial charge in [0.15, 0.2) is 0 Å². The molecule has 4 fully saturated rings. The van der Waals surface area contributed by atoms with E-state index in [0.717, 1.165) is 44.6 Å². The molecule has 4 atom stereocenters. The van der Waals surface area contributed by atoms with Crippen molar-refractivity contribution in [1.82, 2.24) is 9.80 Å². The van der Waals surface area contributed by atoms with E-state index in [-0.39, 0.29) is 5.92 Å². The minimum absolute atomic E-state index is 0.270. The summed E-state index contributed by atoms with van der Waals surface area (Å²) in [6.45, 7) is 3.94. The summed E-state index contributed by atoms with van der Waals surface area (Å²) in [5.41, 5.74) is 3.43. The fraction of sp³-hybridized carbons (Fsp3) is 0.517. The number of rotatable bonds is 4. The summed E-state index contributed by atoms with van der Waals surface area (Å²) in [6, 6.07) is 21.9. The van der Waals surface area contributed by atoms with Crippen LogP contribution in [0.25, 0.3) is 0 Å².